The van der Waals surface area contributed by atoms with Crippen LogP contribution in [0, 0.1) is 0 Å². The summed E-state index contributed by atoms with van der Waals surface area (Å²) in [6, 6.07) is 16.4. The van der Waals surface area contributed by atoms with Crippen LogP contribution in [0.15, 0.2) is 66.9 Å². The van der Waals surface area contributed by atoms with E-state index in [1.54, 1.807) is 36.4 Å². The highest BCUT2D eigenvalue weighted by atomic mass is 16.2. The molecule has 1 amide bonds. The Kier molecular flexibility index (Phi) is 5.53. The van der Waals surface area contributed by atoms with Crippen LogP contribution in [0.3, 0.4) is 0 Å². The lowest BCUT2D eigenvalue weighted by atomic mass is 9.87. The molecule has 2 aromatic rings. The van der Waals surface area contributed by atoms with Gasteiger partial charge in [0.1, 0.15) is 0 Å². The van der Waals surface area contributed by atoms with E-state index in [0.29, 0.717) is 11.1 Å². The van der Waals surface area contributed by atoms with Crippen LogP contribution >= 0.6 is 0 Å². The summed E-state index contributed by atoms with van der Waals surface area (Å²) >= 11 is 0. The number of benzene rings is 2. The number of amides is 1. The Balaban J connectivity index is 1.87. The molecule has 0 aliphatic carbocycles. The van der Waals surface area contributed by atoms with Gasteiger partial charge < -0.3 is 5.43 Å². The molecule has 124 valence electrons. The minimum absolute atomic E-state index is 0.0494. The normalized spacial score (nSPS) is 11.3. The molecule has 0 bridgehead atoms. The Morgan fingerprint density at radius 2 is 1.50 bits per heavy atom. The summed E-state index contributed by atoms with van der Waals surface area (Å²) in [6.45, 7) is 6.37. The van der Waals surface area contributed by atoms with Crippen molar-refractivity contribution in [1.82, 2.24) is 10.9 Å². The first-order valence-electron chi connectivity index (χ1n) is 7.80. The maximum Gasteiger partial charge on any atom is 0.269 e. The van der Waals surface area contributed by atoms with Gasteiger partial charge in [-0.15, -0.1) is 0 Å². The minimum Gasteiger partial charge on any atom is -0.305 e. The smallest absolute Gasteiger partial charge is 0.269 e. The van der Waals surface area contributed by atoms with Crippen LogP contribution in [-0.4, -0.2) is 11.7 Å². The van der Waals surface area contributed by atoms with Crippen molar-refractivity contribution in [3.63, 3.8) is 0 Å². The predicted octanol–water partition coefficient (Wildman–Crippen LogP) is 3.62. The predicted molar refractivity (Wildman–Crippen MR) is 95.7 cm³/mol. The molecule has 0 aromatic heterocycles. The van der Waals surface area contributed by atoms with Crippen molar-refractivity contribution in [1.29, 1.82) is 0 Å². The molecule has 0 aliphatic rings. The summed E-state index contributed by atoms with van der Waals surface area (Å²) in [6.07, 6.45) is 2.79. The zero-order valence-electron chi connectivity index (χ0n) is 14.2. The van der Waals surface area contributed by atoms with Crippen LogP contribution in [-0.2, 0) is 5.41 Å². The van der Waals surface area contributed by atoms with Crippen molar-refractivity contribution in [2.75, 3.05) is 0 Å². The lowest BCUT2D eigenvalue weighted by molar-refractivity contribution is 0.0939. The Morgan fingerprint density at radius 3 is 2.08 bits per heavy atom. The number of hydrogen-bond donors (Lipinski definition) is 2. The Morgan fingerprint density at radius 1 is 0.875 bits per heavy atom. The van der Waals surface area contributed by atoms with Crippen LogP contribution in [0.25, 0.3) is 0 Å². The summed E-state index contributed by atoms with van der Waals surface area (Å²) in [5.74, 6) is -0.390. The lowest BCUT2D eigenvalue weighted by Gasteiger charge is -2.19. The van der Waals surface area contributed by atoms with Gasteiger partial charge in [0.15, 0.2) is 5.78 Å². The zero-order chi connectivity index (χ0) is 17.6. The summed E-state index contributed by atoms with van der Waals surface area (Å²) in [5, 5.41) is 0. The average molecular weight is 322 g/mol. The topological polar surface area (TPSA) is 58.2 Å². The lowest BCUT2D eigenvalue weighted by Crippen LogP contribution is -2.33. The third-order valence-corrected chi connectivity index (χ3v) is 3.58. The van der Waals surface area contributed by atoms with E-state index < -0.39 is 0 Å². The molecule has 2 rings (SSSR count). The SMILES string of the molecule is CC(C)(C)c1ccc(C(=O)NNC=CC(=O)c2ccccc2)cc1. The molecule has 0 saturated carbocycles. The Bertz CT molecular complexity index is 726. The second-order valence-corrected chi connectivity index (χ2v) is 6.49. The van der Waals surface area contributed by atoms with Crippen LogP contribution in [0.1, 0.15) is 47.1 Å². The maximum atomic E-state index is 12.0. The van der Waals surface area contributed by atoms with Gasteiger partial charge in [-0.3, -0.25) is 15.0 Å². The van der Waals surface area contributed by atoms with Gasteiger partial charge in [-0.2, -0.15) is 0 Å². The number of ketones is 1. The minimum atomic E-state index is -0.257. The van der Waals surface area contributed by atoms with E-state index in [1.807, 2.05) is 18.2 Å². The molecule has 2 N–H and O–H groups in total. The fraction of sp³-hybridized carbons (Fsp3) is 0.200. The number of hydrazine groups is 1. The maximum absolute atomic E-state index is 12.0. The number of nitrogens with one attached hydrogen (secondary N) is 2. The highest BCUT2D eigenvalue weighted by molar-refractivity contribution is 6.04. The van der Waals surface area contributed by atoms with Crippen LogP contribution < -0.4 is 10.9 Å². The van der Waals surface area contributed by atoms with E-state index in [2.05, 4.69) is 31.6 Å². The molecular formula is C20H22N2O2. The highest BCUT2D eigenvalue weighted by Crippen LogP contribution is 2.22. The van der Waals surface area contributed by atoms with Crippen molar-refractivity contribution in [2.45, 2.75) is 26.2 Å². The van der Waals surface area contributed by atoms with E-state index in [0.717, 1.165) is 0 Å². The molecule has 4 heteroatoms. The molecule has 4 nitrogen and oxygen atoms in total. The molecule has 0 heterocycles. The molecule has 24 heavy (non-hydrogen) atoms. The fourth-order valence-electron chi connectivity index (χ4n) is 2.12. The quantitative estimate of drug-likeness (QED) is 0.502. The molecule has 0 fully saturated rings. The molecule has 0 saturated heterocycles. The molecule has 0 atom stereocenters. The molecule has 0 aliphatic heterocycles. The first kappa shape index (κ1) is 17.5. The van der Waals surface area contributed by atoms with Gasteiger partial charge in [0.05, 0.1) is 0 Å². The van der Waals surface area contributed by atoms with E-state index in [9.17, 15) is 9.59 Å². The van der Waals surface area contributed by atoms with Gasteiger partial charge in [-0.1, -0.05) is 63.2 Å². The monoisotopic (exact) mass is 322 g/mol. The Labute approximate surface area is 142 Å². The molecule has 2 aromatic carbocycles. The molecule has 0 radical (unpaired) electrons. The summed E-state index contributed by atoms with van der Waals surface area (Å²) in [4.78, 5) is 23.9. The number of allylic oxidation sites excluding steroid dienone is 1. The van der Waals surface area contributed by atoms with Crippen molar-refractivity contribution in [2.24, 2.45) is 0 Å². The van der Waals surface area contributed by atoms with Gasteiger partial charge in [0.25, 0.3) is 5.91 Å². The number of hydrogen-bond acceptors (Lipinski definition) is 3. The number of carbonyl (C=O) groups is 2. The van der Waals surface area contributed by atoms with E-state index in [-0.39, 0.29) is 17.1 Å². The van der Waals surface area contributed by atoms with Crippen molar-refractivity contribution in [3.8, 4) is 0 Å². The second kappa shape index (κ2) is 7.59. The molecule has 0 unspecified atom stereocenters. The summed E-state index contributed by atoms with van der Waals surface area (Å²) in [7, 11) is 0. The molecular weight excluding hydrogens is 300 g/mol. The number of carbonyl (C=O) groups excluding carboxylic acids is 2. The van der Waals surface area contributed by atoms with Crippen molar-refractivity contribution >= 4 is 11.7 Å². The first-order valence-corrected chi connectivity index (χ1v) is 7.80. The van der Waals surface area contributed by atoms with Crippen LogP contribution in [0.5, 0.6) is 0 Å². The van der Waals surface area contributed by atoms with Gasteiger partial charge in [0.2, 0.25) is 0 Å². The first-order chi connectivity index (χ1) is 11.4. The summed E-state index contributed by atoms with van der Waals surface area (Å²) in [5.41, 5.74) is 7.53. The summed E-state index contributed by atoms with van der Waals surface area (Å²) < 4.78 is 0. The van der Waals surface area contributed by atoms with E-state index >= 15 is 0 Å². The van der Waals surface area contributed by atoms with Gasteiger partial charge in [-0.05, 0) is 23.1 Å². The van der Waals surface area contributed by atoms with Crippen molar-refractivity contribution < 1.29 is 9.59 Å². The zero-order valence-corrected chi connectivity index (χ0v) is 14.2. The van der Waals surface area contributed by atoms with Gasteiger partial charge >= 0.3 is 0 Å². The van der Waals surface area contributed by atoms with Crippen molar-refractivity contribution in [3.05, 3.63) is 83.6 Å². The fourth-order valence-corrected chi connectivity index (χ4v) is 2.12. The third kappa shape index (κ3) is 4.81. The Hall–Kier alpha value is -2.88. The molecule has 0 spiro atoms. The standard InChI is InChI=1S/C20H22N2O2/c1-20(2,3)17-11-9-16(10-12-17)19(24)22-21-14-13-18(23)15-7-5-4-6-8-15/h4-14,21H,1-3H3,(H,22,24). The average Bonchev–Trinajstić information content (AvgIpc) is 2.58. The number of rotatable bonds is 5. The highest BCUT2D eigenvalue weighted by Gasteiger charge is 2.14. The van der Waals surface area contributed by atoms with E-state index in [1.165, 1.54) is 17.8 Å². The van der Waals surface area contributed by atoms with E-state index in [4.69, 9.17) is 0 Å². The van der Waals surface area contributed by atoms with Gasteiger partial charge in [0, 0.05) is 23.4 Å². The largest absolute Gasteiger partial charge is 0.305 e. The third-order valence-electron chi connectivity index (χ3n) is 3.58. The van der Waals surface area contributed by atoms with Crippen LogP contribution in [0.2, 0.25) is 0 Å². The van der Waals surface area contributed by atoms with Gasteiger partial charge in [-0.25, -0.2) is 0 Å². The van der Waals surface area contributed by atoms with Crippen LogP contribution in [0.4, 0.5) is 0 Å². The second-order valence-electron chi connectivity index (χ2n) is 6.49.